The summed E-state index contributed by atoms with van der Waals surface area (Å²) in [4.78, 5) is 16.6. The van der Waals surface area contributed by atoms with Gasteiger partial charge in [-0.05, 0) is 37.0 Å². The van der Waals surface area contributed by atoms with Crippen molar-refractivity contribution in [3.8, 4) is 11.5 Å². The number of anilines is 1. The highest BCUT2D eigenvalue weighted by Gasteiger charge is 2.29. The van der Waals surface area contributed by atoms with Crippen LogP contribution in [0.15, 0.2) is 48.5 Å². The zero-order valence-corrected chi connectivity index (χ0v) is 19.8. The number of carbonyl (C=O) groups excluding carboxylic acids is 1. The maximum Gasteiger partial charge on any atom is 0.319 e. The number of hydrogen-bond acceptors (Lipinski definition) is 6. The summed E-state index contributed by atoms with van der Waals surface area (Å²) in [7, 11) is 3.12. The number of ether oxygens (including phenoxy) is 3. The molecule has 0 unspecified atom stereocenters. The lowest BCUT2D eigenvalue weighted by molar-refractivity contribution is -0.142. The third-order valence-corrected chi connectivity index (χ3v) is 6.20. The molecule has 2 aromatic carbocycles. The molecule has 0 aromatic heterocycles. The number of hydrogen-bond donors (Lipinski definition) is 0. The van der Waals surface area contributed by atoms with E-state index in [1.807, 2.05) is 12.1 Å². The Morgan fingerprint density at radius 1 is 1.03 bits per heavy atom. The molecule has 3 rings (SSSR count). The van der Waals surface area contributed by atoms with Crippen LogP contribution in [0.4, 0.5) is 5.69 Å². The molecule has 174 valence electrons. The van der Waals surface area contributed by atoms with E-state index in [0.717, 1.165) is 56.1 Å². The summed E-state index contributed by atoms with van der Waals surface area (Å²) in [6, 6.07) is 16.8. The van der Waals surface area contributed by atoms with Crippen LogP contribution in [0.1, 0.15) is 32.3 Å². The van der Waals surface area contributed by atoms with Crippen molar-refractivity contribution in [1.29, 1.82) is 0 Å². The Morgan fingerprint density at radius 3 is 2.44 bits per heavy atom. The van der Waals surface area contributed by atoms with Gasteiger partial charge in [-0.15, -0.1) is 0 Å². The van der Waals surface area contributed by atoms with Crippen molar-refractivity contribution in [2.75, 3.05) is 45.3 Å². The Morgan fingerprint density at radius 2 is 1.78 bits per heavy atom. The summed E-state index contributed by atoms with van der Waals surface area (Å²) in [5.74, 6) is 1.35. The largest absolute Gasteiger partial charge is 0.493 e. The van der Waals surface area contributed by atoms with Crippen molar-refractivity contribution in [2.24, 2.45) is 0 Å². The Balaban J connectivity index is 1.81. The first-order valence-electron chi connectivity index (χ1n) is 11.5. The molecular formula is C26H36N2O4. The second-order valence-electron chi connectivity index (χ2n) is 8.23. The Labute approximate surface area is 192 Å². The van der Waals surface area contributed by atoms with E-state index in [1.165, 1.54) is 12.7 Å². The average Bonchev–Trinajstić information content (AvgIpc) is 2.84. The van der Waals surface area contributed by atoms with Gasteiger partial charge in [0, 0.05) is 37.4 Å². The molecule has 0 N–H and O–H groups in total. The standard InChI is InChI=1S/C26H36N2O4/c1-5-23(6-2)32-25-17-21(12-13-24(25)30-3)27-14-15-28(19-26(29)31-4)22(18-27)16-20-10-8-7-9-11-20/h7-13,17,22-23H,5-6,14-16,18-19H2,1-4H3/t22-/m0/s1. The van der Waals surface area contributed by atoms with Gasteiger partial charge >= 0.3 is 5.97 Å². The van der Waals surface area contributed by atoms with Crippen molar-refractivity contribution in [1.82, 2.24) is 4.90 Å². The maximum absolute atomic E-state index is 12.0. The van der Waals surface area contributed by atoms with Gasteiger partial charge in [-0.1, -0.05) is 44.2 Å². The van der Waals surface area contributed by atoms with E-state index in [9.17, 15) is 4.79 Å². The molecule has 1 saturated heterocycles. The number of rotatable bonds is 10. The summed E-state index contributed by atoms with van der Waals surface area (Å²) in [5.41, 5.74) is 2.38. The first-order valence-corrected chi connectivity index (χ1v) is 11.5. The first-order chi connectivity index (χ1) is 15.6. The maximum atomic E-state index is 12.0. The first kappa shape index (κ1) is 23.9. The minimum Gasteiger partial charge on any atom is -0.493 e. The molecule has 1 fully saturated rings. The number of carbonyl (C=O) groups is 1. The van der Waals surface area contributed by atoms with E-state index < -0.39 is 0 Å². The van der Waals surface area contributed by atoms with Gasteiger partial charge in [0.1, 0.15) is 0 Å². The zero-order chi connectivity index (χ0) is 22.9. The quantitative estimate of drug-likeness (QED) is 0.517. The Kier molecular flexibility index (Phi) is 8.80. The van der Waals surface area contributed by atoms with Gasteiger partial charge in [-0.2, -0.15) is 0 Å². The molecule has 0 saturated carbocycles. The molecule has 0 amide bonds. The fraction of sp³-hybridized carbons (Fsp3) is 0.500. The molecule has 0 radical (unpaired) electrons. The van der Waals surface area contributed by atoms with Crippen molar-refractivity contribution in [2.45, 2.75) is 45.3 Å². The van der Waals surface area contributed by atoms with Gasteiger partial charge in [0.2, 0.25) is 0 Å². The van der Waals surface area contributed by atoms with Gasteiger partial charge in [0.05, 0.1) is 26.9 Å². The van der Waals surface area contributed by atoms with Gasteiger partial charge in [-0.25, -0.2) is 0 Å². The summed E-state index contributed by atoms with van der Waals surface area (Å²) < 4.78 is 16.7. The van der Waals surface area contributed by atoms with Crippen LogP contribution < -0.4 is 14.4 Å². The molecule has 0 spiro atoms. The monoisotopic (exact) mass is 440 g/mol. The molecule has 6 heteroatoms. The molecule has 1 aliphatic rings. The molecule has 1 atom stereocenters. The lowest BCUT2D eigenvalue weighted by Gasteiger charge is -2.42. The minimum atomic E-state index is -0.193. The van der Waals surface area contributed by atoms with Crippen LogP contribution in [0.25, 0.3) is 0 Å². The zero-order valence-electron chi connectivity index (χ0n) is 19.8. The summed E-state index contributed by atoms with van der Waals surface area (Å²) in [6.07, 6.45) is 2.95. The van der Waals surface area contributed by atoms with E-state index in [-0.39, 0.29) is 18.1 Å². The summed E-state index contributed by atoms with van der Waals surface area (Å²) in [6.45, 7) is 7.04. The van der Waals surface area contributed by atoms with Gasteiger partial charge < -0.3 is 19.1 Å². The van der Waals surface area contributed by atoms with Crippen LogP contribution >= 0.6 is 0 Å². The topological polar surface area (TPSA) is 51.2 Å². The second kappa shape index (κ2) is 11.8. The van der Waals surface area contributed by atoms with Crippen LogP contribution in [0.3, 0.4) is 0 Å². The highest BCUT2D eigenvalue weighted by molar-refractivity contribution is 5.71. The molecule has 1 aliphatic heterocycles. The van der Waals surface area contributed by atoms with Crippen LogP contribution in [-0.4, -0.2) is 63.4 Å². The van der Waals surface area contributed by atoms with Crippen molar-refractivity contribution in [3.05, 3.63) is 54.1 Å². The highest BCUT2D eigenvalue weighted by atomic mass is 16.5. The number of benzene rings is 2. The fourth-order valence-corrected chi connectivity index (χ4v) is 4.23. The lowest BCUT2D eigenvalue weighted by Crippen LogP contribution is -2.55. The molecular weight excluding hydrogens is 404 g/mol. The van der Waals surface area contributed by atoms with E-state index >= 15 is 0 Å². The fourth-order valence-electron chi connectivity index (χ4n) is 4.23. The Bertz CT molecular complexity index is 854. The molecule has 1 heterocycles. The molecule has 32 heavy (non-hydrogen) atoms. The Hall–Kier alpha value is -2.73. The van der Waals surface area contributed by atoms with Crippen LogP contribution in [0.2, 0.25) is 0 Å². The van der Waals surface area contributed by atoms with E-state index in [4.69, 9.17) is 14.2 Å². The number of piperazine rings is 1. The van der Waals surface area contributed by atoms with Crippen LogP contribution in [0.5, 0.6) is 11.5 Å². The van der Waals surface area contributed by atoms with Crippen molar-refractivity contribution >= 4 is 11.7 Å². The number of methoxy groups -OCH3 is 2. The van der Waals surface area contributed by atoms with Crippen LogP contribution in [0, 0.1) is 0 Å². The molecule has 0 aliphatic carbocycles. The third-order valence-electron chi connectivity index (χ3n) is 6.20. The molecule has 6 nitrogen and oxygen atoms in total. The highest BCUT2D eigenvalue weighted by Crippen LogP contribution is 2.34. The smallest absolute Gasteiger partial charge is 0.319 e. The van der Waals surface area contributed by atoms with Gasteiger partial charge in [-0.3, -0.25) is 9.69 Å². The number of nitrogens with zero attached hydrogens (tertiary/aromatic N) is 2. The molecule has 0 bridgehead atoms. The van der Waals surface area contributed by atoms with E-state index in [0.29, 0.717) is 6.54 Å². The molecule has 2 aromatic rings. The lowest BCUT2D eigenvalue weighted by atomic mass is 10.0. The van der Waals surface area contributed by atoms with Gasteiger partial charge in [0.15, 0.2) is 11.5 Å². The minimum absolute atomic E-state index is 0.168. The van der Waals surface area contributed by atoms with Gasteiger partial charge in [0.25, 0.3) is 0 Å². The second-order valence-corrected chi connectivity index (χ2v) is 8.23. The predicted octanol–water partition coefficient (Wildman–Crippen LogP) is 4.17. The van der Waals surface area contributed by atoms with Crippen molar-refractivity contribution in [3.63, 3.8) is 0 Å². The summed E-state index contributed by atoms with van der Waals surface area (Å²) >= 11 is 0. The van der Waals surface area contributed by atoms with Crippen LogP contribution in [-0.2, 0) is 16.0 Å². The van der Waals surface area contributed by atoms with Crippen molar-refractivity contribution < 1.29 is 19.0 Å². The summed E-state index contributed by atoms with van der Waals surface area (Å²) in [5, 5.41) is 0. The third kappa shape index (κ3) is 6.16. The van der Waals surface area contributed by atoms with E-state index in [1.54, 1.807) is 7.11 Å². The SMILES string of the molecule is CCC(CC)Oc1cc(N2CCN(CC(=O)OC)[C@@H](Cc3ccccc3)C2)ccc1OC. The normalized spacial score (nSPS) is 16.8. The van der Waals surface area contributed by atoms with E-state index in [2.05, 4.69) is 60.0 Å². The predicted molar refractivity (Wildman–Crippen MR) is 128 cm³/mol. The average molecular weight is 441 g/mol. The number of esters is 1.